The van der Waals surface area contributed by atoms with Crippen LogP contribution in [0.3, 0.4) is 0 Å². The van der Waals surface area contributed by atoms with Gasteiger partial charge in [-0.05, 0) is 32.9 Å². The third-order valence-corrected chi connectivity index (χ3v) is 4.60. The summed E-state index contributed by atoms with van der Waals surface area (Å²) in [5.41, 5.74) is 2.14. The molecule has 0 saturated carbocycles. The van der Waals surface area contributed by atoms with Gasteiger partial charge in [0.2, 0.25) is 0 Å². The first-order chi connectivity index (χ1) is 10.9. The molecule has 0 atom stereocenters. The molecular formula is C18H12IrN2PtS2+3. The number of nitrogens with zero attached hydrogens (tertiary/aromatic N) is 2. The van der Waals surface area contributed by atoms with Crippen molar-refractivity contribution in [1.82, 2.24) is 9.97 Å². The number of hydrogen-bond acceptors (Lipinski definition) is 4. The zero-order chi connectivity index (χ0) is 15.0. The number of aromatic nitrogens is 2. The zero-order valence-electron chi connectivity index (χ0n) is 12.3. The smallest absolute Gasteiger partial charge is 0.360 e. The maximum absolute atomic E-state index is 3.92. The summed E-state index contributed by atoms with van der Waals surface area (Å²) in [5, 5.41) is 4.10. The normalized spacial score (nSPS) is 9.00. The van der Waals surface area contributed by atoms with Gasteiger partial charge in [0.25, 0.3) is 0 Å². The van der Waals surface area contributed by atoms with E-state index in [4.69, 9.17) is 0 Å². The van der Waals surface area contributed by atoms with Crippen molar-refractivity contribution < 1.29 is 41.2 Å². The Kier molecular flexibility index (Phi) is 10.2. The van der Waals surface area contributed by atoms with Gasteiger partial charge in [0.1, 0.15) is 0 Å². The molecule has 4 aromatic heterocycles. The van der Waals surface area contributed by atoms with Crippen LogP contribution in [-0.4, -0.2) is 9.97 Å². The van der Waals surface area contributed by atoms with Crippen LogP contribution in [0.5, 0.6) is 0 Å². The molecule has 4 rings (SSSR count). The second-order valence-electron chi connectivity index (χ2n) is 4.28. The van der Waals surface area contributed by atoms with E-state index in [0.717, 1.165) is 11.1 Å². The van der Waals surface area contributed by atoms with Gasteiger partial charge in [-0.15, -0.1) is 35.4 Å². The number of pyridine rings is 2. The van der Waals surface area contributed by atoms with E-state index in [1.807, 2.05) is 36.4 Å². The summed E-state index contributed by atoms with van der Waals surface area (Å²) in [6.45, 7) is 0. The Bertz CT molecular complexity index is 707. The fourth-order valence-corrected chi connectivity index (χ4v) is 3.19. The van der Waals surface area contributed by atoms with Crippen LogP contribution in [0.15, 0.2) is 71.7 Å². The molecule has 0 saturated heterocycles. The van der Waals surface area contributed by atoms with Crippen LogP contribution in [0.25, 0.3) is 20.9 Å². The molecule has 0 aliphatic rings. The first kappa shape index (κ1) is 21.1. The molecule has 0 unspecified atom stereocenters. The molecule has 2 nitrogen and oxygen atoms in total. The predicted octanol–water partition coefficient (Wildman–Crippen LogP) is 5.22. The van der Waals surface area contributed by atoms with E-state index in [1.54, 1.807) is 35.1 Å². The topological polar surface area (TPSA) is 25.8 Å². The molecule has 0 aromatic carbocycles. The molecule has 24 heavy (non-hydrogen) atoms. The van der Waals surface area contributed by atoms with Crippen molar-refractivity contribution in [2.75, 3.05) is 0 Å². The van der Waals surface area contributed by atoms with E-state index in [1.165, 1.54) is 9.75 Å². The van der Waals surface area contributed by atoms with E-state index in [2.05, 4.69) is 45.3 Å². The standard InChI is InChI=1S/2C9H6NS.Ir.Pt/c2*1-3-8(7-10-5-1)9-4-2-6-11-9;;/h2*1-6H;;/q2*-1;+3;+2. The van der Waals surface area contributed by atoms with Crippen molar-refractivity contribution in [3.63, 3.8) is 0 Å². The van der Waals surface area contributed by atoms with E-state index in [9.17, 15) is 0 Å². The first-order valence-corrected chi connectivity index (χ1v) is 8.42. The SMILES string of the molecule is [Ir+3].[Pt+2].[c-]1ncccc1-c1cccs1.[c-]1ncccc1-c1cccs1. The van der Waals surface area contributed by atoms with Crippen LogP contribution in [0, 0.1) is 12.4 Å². The molecule has 0 fully saturated rings. The molecule has 0 radical (unpaired) electrons. The largest absolute Gasteiger partial charge is 3.00 e. The van der Waals surface area contributed by atoms with Crippen molar-refractivity contribution in [3.05, 3.63) is 84.1 Å². The van der Waals surface area contributed by atoms with Crippen LogP contribution in [0.4, 0.5) is 0 Å². The van der Waals surface area contributed by atoms with Gasteiger partial charge in [-0.2, -0.15) is 22.7 Å². The molecule has 4 heterocycles. The molecule has 0 aliphatic heterocycles. The van der Waals surface area contributed by atoms with Gasteiger partial charge in [0.05, 0.1) is 0 Å². The molecule has 0 N–H and O–H groups in total. The monoisotopic (exact) mass is 708 g/mol. The Morgan fingerprint density at radius 2 is 1.12 bits per heavy atom. The first-order valence-electron chi connectivity index (χ1n) is 6.66. The summed E-state index contributed by atoms with van der Waals surface area (Å²) < 4.78 is 0. The number of rotatable bonds is 2. The Hall–Kier alpha value is -0.962. The Labute approximate surface area is 177 Å². The van der Waals surface area contributed by atoms with Gasteiger partial charge in [0.15, 0.2) is 0 Å². The summed E-state index contributed by atoms with van der Waals surface area (Å²) in [5.74, 6) is 0. The van der Waals surface area contributed by atoms with Gasteiger partial charge < -0.3 is 9.97 Å². The third-order valence-electron chi connectivity index (χ3n) is 2.79. The fourth-order valence-electron chi connectivity index (χ4n) is 1.79. The quantitative estimate of drug-likeness (QED) is 0.268. The molecule has 0 spiro atoms. The predicted molar refractivity (Wildman–Crippen MR) is 92.8 cm³/mol. The van der Waals surface area contributed by atoms with Crippen LogP contribution < -0.4 is 0 Å². The maximum Gasteiger partial charge on any atom is 3.00 e. The number of hydrogen-bond donors (Lipinski definition) is 0. The van der Waals surface area contributed by atoms with Crippen molar-refractivity contribution in [3.8, 4) is 20.9 Å². The van der Waals surface area contributed by atoms with Crippen LogP contribution in [0.2, 0.25) is 0 Å². The van der Waals surface area contributed by atoms with Crippen molar-refractivity contribution in [1.29, 1.82) is 0 Å². The van der Waals surface area contributed by atoms with E-state index < -0.39 is 0 Å². The van der Waals surface area contributed by atoms with Gasteiger partial charge in [-0.25, -0.2) is 0 Å². The van der Waals surface area contributed by atoms with Crippen molar-refractivity contribution in [2.45, 2.75) is 0 Å². The molecule has 0 amide bonds. The van der Waals surface area contributed by atoms with E-state index in [-0.39, 0.29) is 41.2 Å². The van der Waals surface area contributed by atoms with E-state index >= 15 is 0 Å². The maximum atomic E-state index is 3.92. The summed E-state index contributed by atoms with van der Waals surface area (Å²) in [4.78, 5) is 10.3. The molecular weight excluding hydrogens is 696 g/mol. The molecule has 0 aliphatic carbocycles. The van der Waals surface area contributed by atoms with Crippen molar-refractivity contribution in [2.24, 2.45) is 0 Å². The Morgan fingerprint density at radius 1 is 0.667 bits per heavy atom. The zero-order valence-corrected chi connectivity index (χ0v) is 18.6. The summed E-state index contributed by atoms with van der Waals surface area (Å²) in [6, 6.07) is 16.1. The fraction of sp³-hybridized carbons (Fsp3) is 0. The minimum atomic E-state index is 0. The minimum absolute atomic E-state index is 0. The van der Waals surface area contributed by atoms with Gasteiger partial charge in [-0.3, -0.25) is 0 Å². The second kappa shape index (κ2) is 11.6. The van der Waals surface area contributed by atoms with E-state index in [0.29, 0.717) is 0 Å². The second-order valence-corrected chi connectivity index (χ2v) is 6.18. The molecule has 0 bridgehead atoms. The molecule has 4 aromatic rings. The van der Waals surface area contributed by atoms with Gasteiger partial charge >= 0.3 is 41.2 Å². The van der Waals surface area contributed by atoms with Crippen LogP contribution >= 0.6 is 22.7 Å². The molecule has 6 heteroatoms. The average molecular weight is 708 g/mol. The summed E-state index contributed by atoms with van der Waals surface area (Å²) in [7, 11) is 0. The van der Waals surface area contributed by atoms with Crippen LogP contribution in [-0.2, 0) is 41.2 Å². The minimum Gasteiger partial charge on any atom is -0.360 e. The Balaban J connectivity index is 0.000000222. The summed E-state index contributed by atoms with van der Waals surface area (Å²) >= 11 is 3.41. The third kappa shape index (κ3) is 6.16. The van der Waals surface area contributed by atoms with Gasteiger partial charge in [0, 0.05) is 0 Å². The number of thiophene rings is 2. The summed E-state index contributed by atoms with van der Waals surface area (Å²) in [6.07, 6.45) is 9.33. The average Bonchev–Trinajstić information content (AvgIpc) is 3.31. The molecule has 122 valence electrons. The van der Waals surface area contributed by atoms with Gasteiger partial charge in [-0.1, -0.05) is 36.7 Å². The Morgan fingerprint density at radius 3 is 1.42 bits per heavy atom. The van der Waals surface area contributed by atoms with Crippen LogP contribution in [0.1, 0.15) is 0 Å². The van der Waals surface area contributed by atoms with Crippen molar-refractivity contribution >= 4 is 22.7 Å².